The van der Waals surface area contributed by atoms with Crippen molar-refractivity contribution in [2.45, 2.75) is 114 Å². The molecule has 0 saturated carbocycles. The maximum Gasteiger partial charge on any atom is 0.303 e. The van der Waals surface area contributed by atoms with Crippen molar-refractivity contribution in [1.82, 2.24) is 0 Å². The summed E-state index contributed by atoms with van der Waals surface area (Å²) in [5.41, 5.74) is 10.1. The minimum Gasteiger partial charge on any atom is -0.459 e. The second-order valence-electron chi connectivity index (χ2n) is 10.8. The number of carbonyl (C=O) groups is 1. The molecular weight excluding hydrogens is 550 g/mol. The topological polar surface area (TPSA) is 149 Å². The molecule has 4 fully saturated rings. The van der Waals surface area contributed by atoms with Gasteiger partial charge in [-0.3, -0.25) is 4.79 Å². The maximum atomic E-state index is 12.1. The van der Waals surface area contributed by atoms with Gasteiger partial charge in [0, 0.05) is 30.6 Å². The van der Waals surface area contributed by atoms with Crippen molar-refractivity contribution in [2.24, 2.45) is 5.11 Å². The van der Waals surface area contributed by atoms with Gasteiger partial charge in [0.1, 0.15) is 48.8 Å². The van der Waals surface area contributed by atoms with E-state index >= 15 is 0 Å². The van der Waals surface area contributed by atoms with E-state index in [1.807, 2.05) is 30.3 Å². The summed E-state index contributed by atoms with van der Waals surface area (Å²) in [6, 6.07) is 8.79. The Morgan fingerprint density at radius 1 is 0.929 bits per heavy atom. The lowest BCUT2D eigenvalue weighted by molar-refractivity contribution is -0.382. The average molecular weight is 592 g/mol. The second-order valence-corrected chi connectivity index (χ2v) is 10.8. The van der Waals surface area contributed by atoms with Crippen LogP contribution in [0.1, 0.15) is 58.3 Å². The lowest BCUT2D eigenvalue weighted by Gasteiger charge is -2.50. The van der Waals surface area contributed by atoms with Crippen LogP contribution in [-0.4, -0.2) is 93.7 Å². The predicted octanol–water partition coefficient (Wildman–Crippen LogP) is 3.95. The summed E-state index contributed by atoms with van der Waals surface area (Å²) < 4.78 is 55.9. The number of unbranched alkanes of at least 4 members (excludes halogenated alkanes) is 2. The van der Waals surface area contributed by atoms with Gasteiger partial charge in [-0.15, -0.1) is 0 Å². The molecule has 4 saturated heterocycles. The number of ether oxygens (including phenoxy) is 9. The highest BCUT2D eigenvalue weighted by Gasteiger charge is 2.57. The third-order valence-corrected chi connectivity index (χ3v) is 7.79. The van der Waals surface area contributed by atoms with E-state index in [4.69, 9.17) is 42.6 Å². The number of azide groups is 1. The van der Waals surface area contributed by atoms with Crippen LogP contribution >= 0.6 is 0 Å². The number of rotatable bonds is 13. The Bertz CT molecular complexity index is 1060. The Hall–Kier alpha value is -2.32. The van der Waals surface area contributed by atoms with Crippen molar-refractivity contribution < 1.29 is 47.4 Å². The minimum absolute atomic E-state index is 0.173. The van der Waals surface area contributed by atoms with Crippen LogP contribution in [0.25, 0.3) is 10.4 Å². The Balaban J connectivity index is 1.43. The van der Waals surface area contributed by atoms with Crippen molar-refractivity contribution in [2.75, 3.05) is 26.4 Å². The molecule has 13 heteroatoms. The molecule has 232 valence electrons. The molecule has 0 amide bonds. The number of carbonyl (C=O) groups excluding carboxylic acids is 1. The molecule has 42 heavy (non-hydrogen) atoms. The van der Waals surface area contributed by atoms with Gasteiger partial charge >= 0.3 is 5.97 Å². The van der Waals surface area contributed by atoms with E-state index in [0.717, 1.165) is 31.2 Å². The fraction of sp³-hybridized carbons (Fsp3) is 0.759. The highest BCUT2D eigenvalue weighted by Crippen LogP contribution is 2.40. The van der Waals surface area contributed by atoms with E-state index in [2.05, 4.69) is 23.9 Å². The highest BCUT2D eigenvalue weighted by atomic mass is 16.8. The summed E-state index contributed by atoms with van der Waals surface area (Å²) in [5.74, 6) is -0.546. The lowest BCUT2D eigenvalue weighted by Crippen LogP contribution is -2.66. The van der Waals surface area contributed by atoms with Crippen LogP contribution in [0.5, 0.6) is 0 Å². The van der Waals surface area contributed by atoms with Crippen LogP contribution in [0.15, 0.2) is 35.4 Å². The Kier molecular flexibility index (Phi) is 11.0. The quantitative estimate of drug-likeness (QED) is 0.109. The second kappa shape index (κ2) is 14.9. The van der Waals surface area contributed by atoms with E-state index in [1.165, 1.54) is 6.92 Å². The largest absolute Gasteiger partial charge is 0.459 e. The highest BCUT2D eigenvalue weighted by molar-refractivity contribution is 5.66. The van der Waals surface area contributed by atoms with E-state index in [1.54, 1.807) is 0 Å². The lowest BCUT2D eigenvalue weighted by atomic mass is 9.95. The van der Waals surface area contributed by atoms with Crippen molar-refractivity contribution >= 4 is 5.97 Å². The summed E-state index contributed by atoms with van der Waals surface area (Å²) in [5, 5.41) is 3.82. The Morgan fingerprint density at radius 3 is 2.33 bits per heavy atom. The summed E-state index contributed by atoms with van der Waals surface area (Å²) >= 11 is 0. The number of benzene rings is 1. The van der Waals surface area contributed by atoms with Crippen molar-refractivity contribution in [3.8, 4) is 0 Å². The van der Waals surface area contributed by atoms with Gasteiger partial charge in [-0.05, 0) is 18.4 Å². The molecule has 0 aromatic heterocycles. The molecule has 0 spiro atoms. The molecule has 0 radical (unpaired) electrons. The van der Waals surface area contributed by atoms with E-state index < -0.39 is 73.6 Å². The molecular formula is C29H41N3O10. The minimum atomic E-state index is -0.956. The van der Waals surface area contributed by atoms with Gasteiger partial charge in [0.25, 0.3) is 0 Å². The first-order valence-electron chi connectivity index (χ1n) is 14.9. The van der Waals surface area contributed by atoms with Crippen LogP contribution in [-0.2, 0) is 47.4 Å². The molecule has 2 bridgehead atoms. The Morgan fingerprint density at radius 2 is 1.64 bits per heavy atom. The van der Waals surface area contributed by atoms with Crippen LogP contribution in [0.2, 0.25) is 0 Å². The number of nitrogens with zero attached hydrogens (tertiary/aromatic N) is 3. The number of hydrogen-bond acceptors (Lipinski definition) is 11. The van der Waals surface area contributed by atoms with E-state index in [9.17, 15) is 10.3 Å². The van der Waals surface area contributed by atoms with Crippen LogP contribution in [0.4, 0.5) is 0 Å². The van der Waals surface area contributed by atoms with Gasteiger partial charge in [-0.1, -0.05) is 62.1 Å². The molecule has 4 heterocycles. The molecule has 1 aromatic carbocycles. The fourth-order valence-corrected chi connectivity index (χ4v) is 5.71. The van der Waals surface area contributed by atoms with E-state index in [0.29, 0.717) is 13.2 Å². The zero-order chi connectivity index (χ0) is 29.5. The third-order valence-electron chi connectivity index (χ3n) is 7.79. The van der Waals surface area contributed by atoms with Crippen molar-refractivity contribution in [1.29, 1.82) is 0 Å². The predicted molar refractivity (Wildman–Crippen MR) is 146 cm³/mol. The molecule has 0 N–H and O–H groups in total. The first-order chi connectivity index (χ1) is 20.5. The molecule has 4 aliphatic heterocycles. The van der Waals surface area contributed by atoms with Gasteiger partial charge in [-0.25, -0.2) is 0 Å². The van der Waals surface area contributed by atoms with Gasteiger partial charge in [0.15, 0.2) is 18.9 Å². The Labute approximate surface area is 245 Å². The maximum absolute atomic E-state index is 12.1. The van der Waals surface area contributed by atoms with Gasteiger partial charge in [0.2, 0.25) is 0 Å². The zero-order valence-electron chi connectivity index (χ0n) is 24.3. The first-order valence-corrected chi connectivity index (χ1v) is 14.9. The summed E-state index contributed by atoms with van der Waals surface area (Å²) in [7, 11) is 0. The smallest absolute Gasteiger partial charge is 0.303 e. The van der Waals surface area contributed by atoms with Crippen LogP contribution < -0.4 is 0 Å². The molecule has 4 unspecified atom stereocenters. The van der Waals surface area contributed by atoms with Gasteiger partial charge in [0.05, 0.1) is 13.2 Å². The average Bonchev–Trinajstić information content (AvgIpc) is 3.44. The molecule has 1 aromatic rings. The van der Waals surface area contributed by atoms with E-state index in [-0.39, 0.29) is 13.2 Å². The number of esters is 1. The monoisotopic (exact) mass is 591 g/mol. The molecule has 4 aliphatic rings. The first kappa shape index (κ1) is 31.1. The zero-order valence-corrected chi connectivity index (χ0v) is 24.3. The molecule has 0 aliphatic carbocycles. The van der Waals surface area contributed by atoms with Crippen LogP contribution in [0.3, 0.4) is 0 Å². The SMILES string of the molecule is CCCCOC1[C@H](OCCCC)[C@H](O[C@@H]2C3CO[C@H](O3)[C@@H](N=[N+]=[N-])C2OC(C)=O)O[C@H]2COC(c3ccccc3)O[C@@H]12. The summed E-state index contributed by atoms with van der Waals surface area (Å²) in [6.45, 7) is 6.85. The fourth-order valence-electron chi connectivity index (χ4n) is 5.71. The molecule has 13 nitrogen and oxygen atoms in total. The number of hydrogen-bond donors (Lipinski definition) is 0. The van der Waals surface area contributed by atoms with Gasteiger partial charge in [-0.2, -0.15) is 0 Å². The summed E-state index contributed by atoms with van der Waals surface area (Å²) in [4.78, 5) is 15.0. The van der Waals surface area contributed by atoms with Crippen molar-refractivity contribution in [3.63, 3.8) is 0 Å². The molecule has 11 atom stereocenters. The van der Waals surface area contributed by atoms with Crippen LogP contribution in [0, 0.1) is 0 Å². The number of fused-ring (bicyclic) bond motifs is 3. The van der Waals surface area contributed by atoms with Crippen molar-refractivity contribution in [3.05, 3.63) is 46.3 Å². The normalized spacial score (nSPS) is 37.5. The standard InChI is InChI=1S/C29H41N3O10/c1-4-6-13-34-25-23-20(15-36-27(41-23)18-11-9-8-10-12-18)40-29(26(25)35-14-7-5-2)42-22-19-16-37-28(39-19)21(31-32-30)24(22)38-17(3)33/h8-12,19-29H,4-7,13-16H2,1-3H3/t19?,20-,21-,22+,23+,24?,25?,26-,27?,28+,29-/m0/s1. The van der Waals surface area contributed by atoms with Gasteiger partial charge < -0.3 is 42.6 Å². The third kappa shape index (κ3) is 7.07. The summed E-state index contributed by atoms with van der Waals surface area (Å²) in [6.07, 6.45) is -3.42. The molecule has 5 rings (SSSR count).